The fraction of sp³-hybridized carbons (Fsp3) is 0.600. The molecule has 0 aliphatic carbocycles. The molecule has 1 heterocycles. The van der Waals surface area contributed by atoms with E-state index >= 15 is 0 Å². The van der Waals surface area contributed by atoms with Crippen LogP contribution in [0.25, 0.3) is 0 Å². The van der Waals surface area contributed by atoms with Crippen molar-refractivity contribution in [3.05, 3.63) is 29.1 Å². The van der Waals surface area contributed by atoms with Crippen molar-refractivity contribution in [3.63, 3.8) is 0 Å². The van der Waals surface area contributed by atoms with Crippen molar-refractivity contribution in [1.82, 2.24) is 9.62 Å². The van der Waals surface area contributed by atoms with Gasteiger partial charge in [-0.3, -0.25) is 0 Å². The topological polar surface area (TPSA) is 49.4 Å². The number of hydrogen-bond acceptors (Lipinski definition) is 3. The maximum absolute atomic E-state index is 14.0. The lowest BCUT2D eigenvalue weighted by molar-refractivity contribution is 0.461. The van der Waals surface area contributed by atoms with Crippen molar-refractivity contribution in [2.75, 3.05) is 20.1 Å². The zero-order valence-corrected chi connectivity index (χ0v) is 13.8. The van der Waals surface area contributed by atoms with Crippen LogP contribution in [0, 0.1) is 24.6 Å². The third kappa shape index (κ3) is 3.12. The van der Waals surface area contributed by atoms with Crippen LogP contribution in [0.2, 0.25) is 0 Å². The Kier molecular flexibility index (Phi) is 4.70. The van der Waals surface area contributed by atoms with Crippen LogP contribution in [0.3, 0.4) is 0 Å². The first-order chi connectivity index (χ1) is 9.77. The zero-order valence-electron chi connectivity index (χ0n) is 13.0. The minimum absolute atomic E-state index is 0.0917. The number of sulfonamides is 1. The lowest BCUT2D eigenvalue weighted by Crippen LogP contribution is -2.30. The summed E-state index contributed by atoms with van der Waals surface area (Å²) >= 11 is 0. The van der Waals surface area contributed by atoms with Gasteiger partial charge in [0.2, 0.25) is 10.0 Å². The highest BCUT2D eigenvalue weighted by molar-refractivity contribution is 7.89. The van der Waals surface area contributed by atoms with E-state index in [-0.39, 0.29) is 10.5 Å². The molecule has 2 unspecified atom stereocenters. The Morgan fingerprint density at radius 2 is 1.86 bits per heavy atom. The van der Waals surface area contributed by atoms with E-state index in [1.165, 1.54) is 17.3 Å². The van der Waals surface area contributed by atoms with Gasteiger partial charge in [0.15, 0.2) is 0 Å². The van der Waals surface area contributed by atoms with Crippen molar-refractivity contribution in [1.29, 1.82) is 0 Å². The van der Waals surface area contributed by atoms with Crippen molar-refractivity contribution in [2.45, 2.75) is 32.2 Å². The molecule has 1 aromatic rings. The molecule has 2 atom stereocenters. The molecule has 0 aromatic heterocycles. The predicted octanol–water partition coefficient (Wildman–Crippen LogP) is 2.13. The first kappa shape index (κ1) is 16.4. The predicted molar refractivity (Wildman–Crippen MR) is 81.0 cm³/mol. The van der Waals surface area contributed by atoms with E-state index < -0.39 is 15.8 Å². The zero-order chi connectivity index (χ0) is 15.8. The molecule has 0 radical (unpaired) electrons. The lowest BCUT2D eigenvalue weighted by atomic mass is 10.0. The van der Waals surface area contributed by atoms with E-state index in [1.54, 1.807) is 13.1 Å². The van der Waals surface area contributed by atoms with Crippen molar-refractivity contribution >= 4 is 10.0 Å². The molecule has 0 bridgehead atoms. The minimum atomic E-state index is -3.63. The molecule has 1 saturated heterocycles. The fourth-order valence-electron chi connectivity index (χ4n) is 2.69. The Hall–Kier alpha value is -0.980. The highest BCUT2D eigenvalue weighted by atomic mass is 32.2. The van der Waals surface area contributed by atoms with Gasteiger partial charge in [0, 0.05) is 25.2 Å². The summed E-state index contributed by atoms with van der Waals surface area (Å²) in [5.74, 6) is 0.178. The van der Waals surface area contributed by atoms with Gasteiger partial charge < -0.3 is 5.32 Å². The normalized spacial score (nSPS) is 23.7. The van der Waals surface area contributed by atoms with Gasteiger partial charge in [-0.1, -0.05) is 13.8 Å². The molecule has 4 nitrogen and oxygen atoms in total. The molecule has 1 aliphatic rings. The van der Waals surface area contributed by atoms with E-state index in [9.17, 15) is 12.8 Å². The molecule has 21 heavy (non-hydrogen) atoms. The van der Waals surface area contributed by atoms with Crippen LogP contribution >= 0.6 is 0 Å². The van der Waals surface area contributed by atoms with Crippen LogP contribution in [0.5, 0.6) is 0 Å². The molecular formula is C15H23FN2O2S. The van der Waals surface area contributed by atoms with Crippen LogP contribution in [-0.4, -0.2) is 32.9 Å². The highest BCUT2D eigenvalue weighted by Gasteiger charge is 2.36. The molecule has 6 heteroatoms. The van der Waals surface area contributed by atoms with Gasteiger partial charge in [0.1, 0.15) is 5.82 Å². The molecule has 0 saturated carbocycles. The average Bonchev–Trinajstić information content (AvgIpc) is 2.74. The largest absolute Gasteiger partial charge is 0.316 e. The van der Waals surface area contributed by atoms with Gasteiger partial charge in [-0.2, -0.15) is 4.31 Å². The fourth-order valence-corrected chi connectivity index (χ4v) is 4.62. The van der Waals surface area contributed by atoms with E-state index in [0.29, 0.717) is 37.0 Å². The van der Waals surface area contributed by atoms with Crippen LogP contribution < -0.4 is 5.32 Å². The number of halogens is 1. The van der Waals surface area contributed by atoms with Crippen molar-refractivity contribution in [2.24, 2.45) is 11.8 Å². The molecule has 118 valence electrons. The maximum atomic E-state index is 14.0. The summed E-state index contributed by atoms with van der Waals surface area (Å²) in [5.41, 5.74) is 0.835. The highest BCUT2D eigenvalue weighted by Crippen LogP contribution is 2.30. The quantitative estimate of drug-likeness (QED) is 0.926. The summed E-state index contributed by atoms with van der Waals surface area (Å²) in [7, 11) is -1.89. The van der Waals surface area contributed by atoms with Gasteiger partial charge in [0.05, 0.1) is 4.90 Å². The van der Waals surface area contributed by atoms with E-state index in [0.717, 1.165) is 0 Å². The smallest absolute Gasteiger partial charge is 0.243 e. The number of rotatable bonds is 4. The summed E-state index contributed by atoms with van der Waals surface area (Å²) in [5, 5.41) is 2.92. The number of benzene rings is 1. The average molecular weight is 314 g/mol. The van der Waals surface area contributed by atoms with Crippen molar-refractivity contribution < 1.29 is 12.8 Å². The molecule has 0 spiro atoms. The van der Waals surface area contributed by atoms with Gasteiger partial charge >= 0.3 is 0 Å². The number of nitrogens with zero attached hydrogens (tertiary/aromatic N) is 1. The molecule has 0 amide bonds. The summed E-state index contributed by atoms with van der Waals surface area (Å²) in [6, 6.07) is 2.97. The molecular weight excluding hydrogens is 291 g/mol. The van der Waals surface area contributed by atoms with E-state index in [2.05, 4.69) is 5.32 Å². The van der Waals surface area contributed by atoms with Gasteiger partial charge in [-0.05, 0) is 43.5 Å². The summed E-state index contributed by atoms with van der Waals surface area (Å²) in [4.78, 5) is 0.0917. The van der Waals surface area contributed by atoms with Crippen LogP contribution in [0.15, 0.2) is 17.0 Å². The Labute approximate surface area is 126 Å². The van der Waals surface area contributed by atoms with E-state index in [1.807, 2.05) is 13.8 Å². The van der Waals surface area contributed by atoms with Gasteiger partial charge in [-0.25, -0.2) is 12.8 Å². The second kappa shape index (κ2) is 6.02. The van der Waals surface area contributed by atoms with Crippen LogP contribution in [0.4, 0.5) is 4.39 Å². The Morgan fingerprint density at radius 1 is 1.29 bits per heavy atom. The van der Waals surface area contributed by atoms with Crippen LogP contribution in [-0.2, 0) is 16.6 Å². The summed E-state index contributed by atoms with van der Waals surface area (Å²) in [6.07, 6.45) is 0. The molecule has 1 aliphatic heterocycles. The first-order valence-corrected chi connectivity index (χ1v) is 8.65. The number of nitrogens with one attached hydrogen (secondary N) is 1. The second-order valence-electron chi connectivity index (χ2n) is 6.01. The van der Waals surface area contributed by atoms with Gasteiger partial charge in [-0.15, -0.1) is 0 Å². The van der Waals surface area contributed by atoms with Crippen LogP contribution in [0.1, 0.15) is 25.0 Å². The van der Waals surface area contributed by atoms with Crippen molar-refractivity contribution in [3.8, 4) is 0 Å². The molecule has 2 rings (SSSR count). The lowest BCUT2D eigenvalue weighted by Gasteiger charge is -2.19. The second-order valence-corrected chi connectivity index (χ2v) is 7.91. The Bertz CT molecular complexity index is 621. The first-order valence-electron chi connectivity index (χ1n) is 7.21. The van der Waals surface area contributed by atoms with E-state index in [4.69, 9.17) is 0 Å². The molecule has 1 fully saturated rings. The minimum Gasteiger partial charge on any atom is -0.316 e. The number of hydrogen-bond donors (Lipinski definition) is 1. The molecule has 1 aromatic carbocycles. The van der Waals surface area contributed by atoms with Gasteiger partial charge in [0.25, 0.3) is 0 Å². The standard InChI is InChI=1S/C15H23FN2O2S/c1-10-8-18(9-11(10)2)21(19,20)15-6-13(7-17-4)5-14(16)12(15)3/h5-6,10-11,17H,7-9H2,1-4H3. The molecule has 1 N–H and O–H groups in total. The third-order valence-electron chi connectivity index (χ3n) is 4.31. The SMILES string of the molecule is CNCc1cc(F)c(C)c(S(=O)(=O)N2CC(C)C(C)C2)c1. The Balaban J connectivity index is 2.45. The summed E-state index contributed by atoms with van der Waals surface area (Å²) < 4.78 is 41.1. The monoisotopic (exact) mass is 314 g/mol. The maximum Gasteiger partial charge on any atom is 0.243 e. The summed E-state index contributed by atoms with van der Waals surface area (Å²) in [6.45, 7) is 7.05. The Morgan fingerprint density at radius 3 is 2.38 bits per heavy atom. The third-order valence-corrected chi connectivity index (χ3v) is 6.27.